The van der Waals surface area contributed by atoms with Gasteiger partial charge in [-0.25, -0.2) is 4.98 Å². The van der Waals surface area contributed by atoms with Gasteiger partial charge in [-0.05, 0) is 19.8 Å². The van der Waals surface area contributed by atoms with Gasteiger partial charge < -0.3 is 4.74 Å². The van der Waals surface area contributed by atoms with Crippen molar-refractivity contribution in [2.45, 2.75) is 25.9 Å². The lowest BCUT2D eigenvalue weighted by atomic mass is 10.2. The molecule has 0 saturated carbocycles. The molecule has 8 heteroatoms. The summed E-state index contributed by atoms with van der Waals surface area (Å²) in [7, 11) is 0. The molecule has 0 spiro atoms. The van der Waals surface area contributed by atoms with E-state index in [4.69, 9.17) is 4.74 Å². The molecular weight excluding hydrogens is 356 g/mol. The fraction of sp³-hybridized carbons (Fsp3) is 0.294. The number of anilines is 1. The quantitative estimate of drug-likeness (QED) is 0.747. The van der Waals surface area contributed by atoms with Gasteiger partial charge in [0, 0.05) is 12.2 Å². The van der Waals surface area contributed by atoms with Gasteiger partial charge in [0.2, 0.25) is 5.13 Å². The number of carbonyl (C=O) groups is 1. The molecule has 1 fully saturated rings. The number of ether oxygens (including phenoxy) is 1. The predicted molar refractivity (Wildman–Crippen MR) is 98.1 cm³/mol. The molecule has 25 heavy (non-hydrogen) atoms. The second kappa shape index (κ2) is 6.99. The van der Waals surface area contributed by atoms with Crippen LogP contribution in [0.5, 0.6) is 0 Å². The number of nitrogens with zero attached hydrogens (tertiary/aromatic N) is 3. The molecule has 1 aliphatic heterocycles. The topological polar surface area (TPSA) is 77.0 Å². The highest BCUT2D eigenvalue weighted by atomic mass is 32.1. The largest absolute Gasteiger partial charge is 0.371 e. The second-order valence-electron chi connectivity index (χ2n) is 5.70. The van der Waals surface area contributed by atoms with Gasteiger partial charge in [-0.1, -0.05) is 41.7 Å². The van der Waals surface area contributed by atoms with E-state index in [0.717, 1.165) is 35.0 Å². The van der Waals surface area contributed by atoms with E-state index in [1.807, 2.05) is 37.3 Å². The van der Waals surface area contributed by atoms with E-state index in [2.05, 4.69) is 20.5 Å². The first-order valence-electron chi connectivity index (χ1n) is 8.00. The minimum Gasteiger partial charge on any atom is -0.371 e. The number of aryl methyl sites for hydroxylation is 1. The van der Waals surface area contributed by atoms with Gasteiger partial charge in [-0.3, -0.25) is 10.1 Å². The van der Waals surface area contributed by atoms with Crippen molar-refractivity contribution < 1.29 is 9.53 Å². The molecule has 1 aromatic carbocycles. The molecular formula is C17H16N4O2S2. The molecule has 1 saturated heterocycles. The van der Waals surface area contributed by atoms with Crippen molar-refractivity contribution >= 4 is 33.7 Å². The summed E-state index contributed by atoms with van der Waals surface area (Å²) in [4.78, 5) is 17.7. The molecule has 1 aliphatic rings. The Morgan fingerprint density at radius 2 is 2.08 bits per heavy atom. The number of hydrogen-bond acceptors (Lipinski definition) is 7. The van der Waals surface area contributed by atoms with E-state index < -0.39 is 0 Å². The first kappa shape index (κ1) is 16.3. The summed E-state index contributed by atoms with van der Waals surface area (Å²) in [6.07, 6.45) is 2.00. The summed E-state index contributed by atoms with van der Waals surface area (Å²) in [5.41, 5.74) is 1.72. The number of aromatic nitrogens is 3. The van der Waals surface area contributed by atoms with Crippen LogP contribution in [0.3, 0.4) is 0 Å². The standard InChI is InChI=1S/C17H16N4O2S2/c1-10-13(24-15(18-10)11-6-3-2-4-7-11)14(22)19-17-21-20-16(25-17)12-8-5-9-23-12/h2-4,6-7,12H,5,8-9H2,1H3,(H,19,21,22). The van der Waals surface area contributed by atoms with Crippen LogP contribution in [-0.2, 0) is 4.74 Å². The number of carbonyl (C=O) groups excluding carboxylic acids is 1. The average Bonchev–Trinajstić information content (AvgIpc) is 3.35. The third kappa shape index (κ3) is 3.46. The first-order chi connectivity index (χ1) is 12.2. The zero-order valence-corrected chi connectivity index (χ0v) is 15.2. The van der Waals surface area contributed by atoms with Crippen LogP contribution in [0, 0.1) is 6.92 Å². The van der Waals surface area contributed by atoms with Crippen molar-refractivity contribution in [1.82, 2.24) is 15.2 Å². The van der Waals surface area contributed by atoms with Crippen LogP contribution in [0.2, 0.25) is 0 Å². The fourth-order valence-electron chi connectivity index (χ4n) is 2.65. The van der Waals surface area contributed by atoms with Gasteiger partial charge in [0.1, 0.15) is 21.0 Å². The molecule has 1 N–H and O–H groups in total. The average molecular weight is 372 g/mol. The SMILES string of the molecule is Cc1nc(-c2ccccc2)sc1C(=O)Nc1nnc(C2CCCO2)s1. The normalized spacial score (nSPS) is 16.9. The van der Waals surface area contributed by atoms with Gasteiger partial charge in [0.25, 0.3) is 5.91 Å². The molecule has 3 aromatic rings. The van der Waals surface area contributed by atoms with Crippen LogP contribution >= 0.6 is 22.7 Å². The fourth-order valence-corrected chi connectivity index (χ4v) is 4.44. The predicted octanol–water partition coefficient (Wildman–Crippen LogP) is 4.07. The van der Waals surface area contributed by atoms with Crippen molar-refractivity contribution in [3.8, 4) is 10.6 Å². The molecule has 0 radical (unpaired) electrons. The summed E-state index contributed by atoms with van der Waals surface area (Å²) in [6.45, 7) is 2.60. The molecule has 1 unspecified atom stereocenters. The van der Waals surface area contributed by atoms with E-state index in [1.54, 1.807) is 0 Å². The maximum atomic E-state index is 12.6. The Labute approximate surface area is 152 Å². The van der Waals surface area contributed by atoms with Crippen molar-refractivity contribution in [3.05, 3.63) is 45.9 Å². The summed E-state index contributed by atoms with van der Waals surface area (Å²) in [5, 5.41) is 13.2. The smallest absolute Gasteiger partial charge is 0.269 e. The van der Waals surface area contributed by atoms with Crippen LogP contribution in [0.15, 0.2) is 30.3 Å². The molecule has 0 bridgehead atoms. The lowest BCUT2D eigenvalue weighted by Gasteiger charge is -2.02. The van der Waals surface area contributed by atoms with Gasteiger partial charge in [-0.2, -0.15) is 0 Å². The lowest BCUT2D eigenvalue weighted by molar-refractivity contribution is 0.102. The molecule has 0 aliphatic carbocycles. The second-order valence-corrected chi connectivity index (χ2v) is 7.71. The zero-order chi connectivity index (χ0) is 17.2. The lowest BCUT2D eigenvalue weighted by Crippen LogP contribution is -2.11. The third-order valence-corrected chi connectivity index (χ3v) is 6.03. The third-order valence-electron chi connectivity index (χ3n) is 3.89. The Hall–Kier alpha value is -2.16. The number of thiazole rings is 1. The number of nitrogens with one attached hydrogen (secondary N) is 1. The Morgan fingerprint density at radius 1 is 1.24 bits per heavy atom. The molecule has 128 valence electrons. The van der Waals surface area contributed by atoms with Crippen LogP contribution in [0.1, 0.15) is 39.3 Å². The Balaban J connectivity index is 1.51. The molecule has 3 heterocycles. The van der Waals surface area contributed by atoms with Crippen LogP contribution < -0.4 is 5.32 Å². The number of amides is 1. The molecule has 1 atom stereocenters. The number of hydrogen-bond donors (Lipinski definition) is 1. The maximum Gasteiger partial charge on any atom is 0.269 e. The highest BCUT2D eigenvalue weighted by Gasteiger charge is 2.23. The van der Waals surface area contributed by atoms with E-state index >= 15 is 0 Å². The monoisotopic (exact) mass is 372 g/mol. The van der Waals surface area contributed by atoms with Gasteiger partial charge in [0.15, 0.2) is 0 Å². The highest BCUT2D eigenvalue weighted by Crippen LogP contribution is 2.33. The summed E-state index contributed by atoms with van der Waals surface area (Å²) < 4.78 is 5.60. The van der Waals surface area contributed by atoms with E-state index in [1.165, 1.54) is 22.7 Å². The summed E-state index contributed by atoms with van der Waals surface area (Å²) in [6, 6.07) is 9.84. The van der Waals surface area contributed by atoms with Crippen LogP contribution in [0.4, 0.5) is 5.13 Å². The first-order valence-corrected chi connectivity index (χ1v) is 9.63. The van der Waals surface area contributed by atoms with Crippen molar-refractivity contribution in [3.63, 3.8) is 0 Å². The van der Waals surface area contributed by atoms with Crippen molar-refractivity contribution in [1.29, 1.82) is 0 Å². The van der Waals surface area contributed by atoms with E-state index in [9.17, 15) is 4.79 Å². The molecule has 1 amide bonds. The van der Waals surface area contributed by atoms with Crippen molar-refractivity contribution in [2.24, 2.45) is 0 Å². The van der Waals surface area contributed by atoms with Gasteiger partial charge >= 0.3 is 0 Å². The molecule has 6 nitrogen and oxygen atoms in total. The van der Waals surface area contributed by atoms with E-state index in [0.29, 0.717) is 15.7 Å². The minimum absolute atomic E-state index is 0.0120. The van der Waals surface area contributed by atoms with Gasteiger partial charge in [-0.15, -0.1) is 21.5 Å². The van der Waals surface area contributed by atoms with Crippen molar-refractivity contribution in [2.75, 3.05) is 11.9 Å². The van der Waals surface area contributed by atoms with E-state index in [-0.39, 0.29) is 12.0 Å². The van der Waals surface area contributed by atoms with Gasteiger partial charge in [0.05, 0.1) is 5.69 Å². The minimum atomic E-state index is -0.202. The number of benzene rings is 1. The van der Waals surface area contributed by atoms with Crippen LogP contribution in [-0.4, -0.2) is 27.7 Å². The number of rotatable bonds is 4. The summed E-state index contributed by atoms with van der Waals surface area (Å²) >= 11 is 2.75. The Kier molecular flexibility index (Phi) is 4.56. The maximum absolute atomic E-state index is 12.6. The zero-order valence-electron chi connectivity index (χ0n) is 13.6. The molecule has 2 aromatic heterocycles. The highest BCUT2D eigenvalue weighted by molar-refractivity contribution is 7.17. The Bertz CT molecular complexity index is 885. The summed E-state index contributed by atoms with van der Waals surface area (Å²) in [5.74, 6) is -0.202. The Morgan fingerprint density at radius 3 is 2.84 bits per heavy atom. The molecule has 4 rings (SSSR count). The van der Waals surface area contributed by atoms with Crippen LogP contribution in [0.25, 0.3) is 10.6 Å².